The van der Waals surface area contributed by atoms with Gasteiger partial charge in [0.25, 0.3) is 5.89 Å². The van der Waals surface area contributed by atoms with Crippen LogP contribution in [0, 0.1) is 6.92 Å². The van der Waals surface area contributed by atoms with E-state index in [1.807, 2.05) is 6.92 Å². The van der Waals surface area contributed by atoms with Gasteiger partial charge in [-0.15, -0.1) is 0 Å². The van der Waals surface area contributed by atoms with Gasteiger partial charge in [-0.05, 0) is 56.2 Å². The molecular formula is C22H23N3O6S. The number of hydrogen-bond donors (Lipinski definition) is 0. The van der Waals surface area contributed by atoms with E-state index in [1.54, 1.807) is 55.6 Å². The van der Waals surface area contributed by atoms with Gasteiger partial charge in [-0.3, -0.25) is 4.79 Å². The molecule has 0 bridgehead atoms. The Morgan fingerprint density at radius 1 is 1.16 bits per heavy atom. The molecule has 1 aliphatic rings. The number of aryl methyl sites for hydroxylation is 1. The molecule has 2 heterocycles. The van der Waals surface area contributed by atoms with Crippen molar-refractivity contribution in [2.45, 2.75) is 37.3 Å². The number of sulfonamides is 1. The van der Waals surface area contributed by atoms with Gasteiger partial charge in [-0.25, -0.2) is 8.42 Å². The average Bonchev–Trinajstić information content (AvgIpc) is 3.48. The topological polar surface area (TPSA) is 112 Å². The molecule has 0 aliphatic carbocycles. The molecule has 32 heavy (non-hydrogen) atoms. The molecule has 168 valence electrons. The van der Waals surface area contributed by atoms with Crippen LogP contribution in [0.2, 0.25) is 0 Å². The standard InChI is InChI=1S/C22H23N3O6S/c1-15-5-11-18(12-6-15)32(27,28)25-13-3-4-19(25)22(26)30-14-20-23-21(31-24-20)16-7-9-17(29-2)10-8-16/h5-12,19H,3-4,13-14H2,1-2H3/t19-/m0/s1. The molecule has 4 rings (SSSR count). The third kappa shape index (κ3) is 4.51. The molecule has 1 atom stereocenters. The fraction of sp³-hybridized carbons (Fsp3) is 0.318. The van der Waals surface area contributed by atoms with E-state index in [2.05, 4.69) is 10.1 Å². The molecule has 0 amide bonds. The van der Waals surface area contributed by atoms with Gasteiger partial charge >= 0.3 is 5.97 Å². The Bertz CT molecular complexity index is 1190. The van der Waals surface area contributed by atoms with Crippen LogP contribution in [0.5, 0.6) is 5.75 Å². The van der Waals surface area contributed by atoms with E-state index in [0.717, 1.165) is 5.56 Å². The van der Waals surface area contributed by atoms with Crippen LogP contribution in [0.4, 0.5) is 0 Å². The van der Waals surface area contributed by atoms with Gasteiger partial charge in [-0.1, -0.05) is 22.9 Å². The Morgan fingerprint density at radius 2 is 1.88 bits per heavy atom. The molecule has 3 aromatic rings. The summed E-state index contributed by atoms with van der Waals surface area (Å²) in [5, 5.41) is 3.83. The maximum atomic E-state index is 13.0. The average molecular weight is 458 g/mol. The zero-order valence-electron chi connectivity index (χ0n) is 17.7. The molecule has 9 nitrogen and oxygen atoms in total. The second kappa shape index (κ2) is 9.09. The molecule has 1 saturated heterocycles. The lowest BCUT2D eigenvalue weighted by Crippen LogP contribution is -2.41. The van der Waals surface area contributed by atoms with Crippen molar-refractivity contribution in [3.63, 3.8) is 0 Å². The van der Waals surface area contributed by atoms with Crippen LogP contribution >= 0.6 is 0 Å². The van der Waals surface area contributed by atoms with Crippen LogP contribution in [0.3, 0.4) is 0 Å². The number of methoxy groups -OCH3 is 1. The van der Waals surface area contributed by atoms with Crippen molar-refractivity contribution in [2.75, 3.05) is 13.7 Å². The fourth-order valence-electron chi connectivity index (χ4n) is 3.50. The number of esters is 1. The predicted molar refractivity (Wildman–Crippen MR) is 114 cm³/mol. The summed E-state index contributed by atoms with van der Waals surface area (Å²) in [5.41, 5.74) is 1.65. The molecule has 0 spiro atoms. The third-order valence-electron chi connectivity index (χ3n) is 5.25. The van der Waals surface area contributed by atoms with E-state index < -0.39 is 22.0 Å². The monoisotopic (exact) mass is 457 g/mol. The summed E-state index contributed by atoms with van der Waals surface area (Å²) in [5.74, 6) is 0.538. The summed E-state index contributed by atoms with van der Waals surface area (Å²) in [7, 11) is -2.22. The van der Waals surface area contributed by atoms with E-state index >= 15 is 0 Å². The molecule has 0 saturated carbocycles. The van der Waals surface area contributed by atoms with Crippen molar-refractivity contribution in [2.24, 2.45) is 0 Å². The number of carbonyl (C=O) groups excluding carboxylic acids is 1. The van der Waals surface area contributed by atoms with Gasteiger partial charge < -0.3 is 14.0 Å². The molecule has 10 heteroatoms. The van der Waals surface area contributed by atoms with Crippen molar-refractivity contribution in [3.05, 3.63) is 59.9 Å². The largest absolute Gasteiger partial charge is 0.497 e. The van der Waals surface area contributed by atoms with Gasteiger partial charge in [0.05, 0.1) is 12.0 Å². The first-order valence-electron chi connectivity index (χ1n) is 10.1. The minimum atomic E-state index is -3.80. The molecular weight excluding hydrogens is 434 g/mol. The van der Waals surface area contributed by atoms with Gasteiger partial charge in [0.2, 0.25) is 15.8 Å². The van der Waals surface area contributed by atoms with E-state index in [1.165, 1.54) is 4.31 Å². The molecule has 1 aliphatic heterocycles. The molecule has 1 aromatic heterocycles. The van der Waals surface area contributed by atoms with E-state index in [-0.39, 0.29) is 29.8 Å². The number of ether oxygens (including phenoxy) is 2. The molecule has 0 N–H and O–H groups in total. The summed E-state index contributed by atoms with van der Waals surface area (Å²) in [6.07, 6.45) is 0.974. The van der Waals surface area contributed by atoms with Crippen LogP contribution in [0.15, 0.2) is 57.9 Å². The predicted octanol–water partition coefficient (Wildman–Crippen LogP) is 2.95. The van der Waals surface area contributed by atoms with Crippen LogP contribution in [-0.2, 0) is 26.2 Å². The Morgan fingerprint density at radius 3 is 2.56 bits per heavy atom. The van der Waals surface area contributed by atoms with E-state index in [0.29, 0.717) is 24.2 Å². The van der Waals surface area contributed by atoms with Crippen molar-refractivity contribution in [3.8, 4) is 17.2 Å². The number of benzene rings is 2. The lowest BCUT2D eigenvalue weighted by molar-refractivity contribution is -0.149. The zero-order chi connectivity index (χ0) is 22.7. The normalized spacial score (nSPS) is 16.8. The third-order valence-corrected chi connectivity index (χ3v) is 7.17. The van der Waals surface area contributed by atoms with Crippen molar-refractivity contribution >= 4 is 16.0 Å². The van der Waals surface area contributed by atoms with Crippen LogP contribution in [0.25, 0.3) is 11.5 Å². The maximum Gasteiger partial charge on any atom is 0.324 e. The minimum Gasteiger partial charge on any atom is -0.497 e. The first-order chi connectivity index (χ1) is 15.4. The Balaban J connectivity index is 1.41. The first-order valence-corrected chi connectivity index (χ1v) is 11.5. The van der Waals surface area contributed by atoms with E-state index in [9.17, 15) is 13.2 Å². The Kier molecular flexibility index (Phi) is 6.24. The van der Waals surface area contributed by atoms with Crippen molar-refractivity contribution < 1.29 is 27.2 Å². The van der Waals surface area contributed by atoms with Crippen molar-refractivity contribution in [1.82, 2.24) is 14.4 Å². The number of aromatic nitrogens is 2. The summed E-state index contributed by atoms with van der Waals surface area (Å²) >= 11 is 0. The first kappa shape index (κ1) is 22.0. The van der Waals surface area contributed by atoms with Gasteiger partial charge in [0, 0.05) is 12.1 Å². The summed E-state index contributed by atoms with van der Waals surface area (Å²) in [4.78, 5) is 17.1. The molecule has 1 fully saturated rings. The second-order valence-electron chi connectivity index (χ2n) is 7.44. The SMILES string of the molecule is COc1ccc(-c2nc(COC(=O)[C@@H]3CCCN3S(=O)(=O)c3ccc(C)cc3)no2)cc1. The fourth-order valence-corrected chi connectivity index (χ4v) is 5.15. The van der Waals surface area contributed by atoms with Crippen molar-refractivity contribution in [1.29, 1.82) is 0 Å². The number of hydrogen-bond acceptors (Lipinski definition) is 8. The Labute approximate surface area is 186 Å². The number of nitrogens with zero attached hydrogens (tertiary/aromatic N) is 3. The number of rotatable bonds is 7. The lowest BCUT2D eigenvalue weighted by Gasteiger charge is -2.22. The minimum absolute atomic E-state index is 0.158. The van der Waals surface area contributed by atoms with Gasteiger partial charge in [0.15, 0.2) is 6.61 Å². The summed E-state index contributed by atoms with van der Waals surface area (Å²) in [6, 6.07) is 12.7. The zero-order valence-corrected chi connectivity index (χ0v) is 18.5. The summed E-state index contributed by atoms with van der Waals surface area (Å²) in [6.45, 7) is 1.93. The highest BCUT2D eigenvalue weighted by Crippen LogP contribution is 2.27. The quantitative estimate of drug-likeness (QED) is 0.498. The highest BCUT2D eigenvalue weighted by molar-refractivity contribution is 7.89. The second-order valence-corrected chi connectivity index (χ2v) is 9.33. The lowest BCUT2D eigenvalue weighted by atomic mass is 10.2. The number of carbonyl (C=O) groups is 1. The van der Waals surface area contributed by atoms with Crippen LogP contribution in [0.1, 0.15) is 24.2 Å². The van der Waals surface area contributed by atoms with Gasteiger partial charge in [0.1, 0.15) is 11.8 Å². The summed E-state index contributed by atoms with van der Waals surface area (Å²) < 4.78 is 42.9. The van der Waals surface area contributed by atoms with Crippen LogP contribution in [-0.4, -0.2) is 48.5 Å². The smallest absolute Gasteiger partial charge is 0.324 e. The highest BCUT2D eigenvalue weighted by Gasteiger charge is 2.40. The van der Waals surface area contributed by atoms with E-state index in [4.69, 9.17) is 14.0 Å². The van der Waals surface area contributed by atoms with Crippen LogP contribution < -0.4 is 4.74 Å². The molecule has 2 aromatic carbocycles. The maximum absolute atomic E-state index is 13.0. The van der Waals surface area contributed by atoms with Gasteiger partial charge in [-0.2, -0.15) is 9.29 Å². The Hall–Kier alpha value is -3.24. The molecule has 0 radical (unpaired) electrons. The molecule has 0 unspecified atom stereocenters. The highest BCUT2D eigenvalue weighted by atomic mass is 32.2.